The normalized spacial score (nSPS) is 22.3. The van der Waals surface area contributed by atoms with Crippen LogP contribution in [0.2, 0.25) is 0 Å². The fourth-order valence-electron chi connectivity index (χ4n) is 3.28. The van der Waals surface area contributed by atoms with Crippen molar-refractivity contribution in [3.8, 4) is 0 Å². The number of carbonyl (C=O) groups is 1. The molecule has 1 aromatic rings. The van der Waals surface area contributed by atoms with Gasteiger partial charge in [-0.25, -0.2) is 4.79 Å². The van der Waals surface area contributed by atoms with Crippen LogP contribution in [0.5, 0.6) is 0 Å². The molecule has 6 nitrogen and oxygen atoms in total. The predicted molar refractivity (Wildman–Crippen MR) is 89.6 cm³/mol. The van der Waals surface area contributed by atoms with Crippen LogP contribution in [0.4, 0.5) is 23.7 Å². The van der Waals surface area contributed by atoms with E-state index in [2.05, 4.69) is 0 Å². The summed E-state index contributed by atoms with van der Waals surface area (Å²) in [6.45, 7) is 0.620. The molecule has 1 aromatic carbocycles. The quantitative estimate of drug-likeness (QED) is 0.716. The fraction of sp³-hybridized carbons (Fsp3) is 0.611. The second-order valence-electron chi connectivity index (χ2n) is 6.54. The Morgan fingerprint density at radius 1 is 1.22 bits per heavy atom. The van der Waals surface area contributed by atoms with Gasteiger partial charge in [-0.05, 0) is 30.5 Å². The minimum absolute atomic E-state index is 0.0514. The van der Waals surface area contributed by atoms with Gasteiger partial charge < -0.3 is 18.9 Å². The number of methoxy groups -OCH3 is 1. The highest BCUT2D eigenvalue weighted by Gasteiger charge is 2.59. The van der Waals surface area contributed by atoms with E-state index in [4.69, 9.17) is 18.9 Å². The van der Waals surface area contributed by atoms with E-state index >= 15 is 0 Å². The summed E-state index contributed by atoms with van der Waals surface area (Å²) < 4.78 is 59.4. The van der Waals surface area contributed by atoms with Crippen LogP contribution < -0.4 is 4.90 Å². The van der Waals surface area contributed by atoms with Crippen LogP contribution in [-0.4, -0.2) is 57.6 Å². The number of nitrogens with zero attached hydrogens (tertiary/aromatic N) is 1. The van der Waals surface area contributed by atoms with Gasteiger partial charge in [0.2, 0.25) is 0 Å². The Morgan fingerprint density at radius 3 is 2.48 bits per heavy atom. The Labute approximate surface area is 155 Å². The molecule has 2 aliphatic rings. The summed E-state index contributed by atoms with van der Waals surface area (Å²) in [6, 6.07) is 7.10. The molecule has 0 bridgehead atoms. The first-order chi connectivity index (χ1) is 12.8. The average Bonchev–Trinajstić information content (AvgIpc) is 3.23. The molecule has 150 valence electrons. The van der Waals surface area contributed by atoms with Gasteiger partial charge in [0.1, 0.15) is 6.10 Å². The summed E-state index contributed by atoms with van der Waals surface area (Å²) in [6.07, 6.45) is -4.85. The third-order valence-electron chi connectivity index (χ3n) is 4.63. The monoisotopic (exact) mass is 389 g/mol. The highest BCUT2D eigenvalue weighted by Crippen LogP contribution is 2.41. The molecule has 2 heterocycles. The van der Waals surface area contributed by atoms with Gasteiger partial charge in [0.05, 0.1) is 26.4 Å². The zero-order valence-corrected chi connectivity index (χ0v) is 15.0. The number of alkyl halides is 3. The van der Waals surface area contributed by atoms with Crippen molar-refractivity contribution < 1.29 is 36.9 Å². The van der Waals surface area contributed by atoms with Crippen LogP contribution in [0.3, 0.4) is 0 Å². The smallest absolute Gasteiger partial charge is 0.441 e. The standard InChI is InChI=1S/C18H22F3NO5/c1-24-12-15-11-22(16(23)27-15)14-6-4-13(5-7-14)3-2-8-17(18(19,20)21)25-9-10-26-17/h4-7,15H,2-3,8-12H2,1H3. The summed E-state index contributed by atoms with van der Waals surface area (Å²) in [5.74, 6) is -2.48. The molecule has 0 radical (unpaired) electrons. The SMILES string of the molecule is COCC1CN(c2ccc(CCCC3(C(F)(F)F)OCCO3)cc2)C(=O)O1. The van der Waals surface area contributed by atoms with Crippen LogP contribution in [0.25, 0.3) is 0 Å². The number of amides is 1. The van der Waals surface area contributed by atoms with Crippen LogP contribution in [-0.2, 0) is 25.4 Å². The largest absolute Gasteiger partial charge is 0.443 e. The topological polar surface area (TPSA) is 57.2 Å². The number of aryl methyl sites for hydroxylation is 1. The molecule has 2 saturated heterocycles. The van der Waals surface area contributed by atoms with E-state index in [9.17, 15) is 18.0 Å². The molecule has 1 amide bonds. The van der Waals surface area contributed by atoms with Crippen molar-refractivity contribution in [2.45, 2.75) is 37.3 Å². The molecule has 2 aliphatic heterocycles. The van der Waals surface area contributed by atoms with Gasteiger partial charge in [-0.2, -0.15) is 13.2 Å². The van der Waals surface area contributed by atoms with Crippen LogP contribution >= 0.6 is 0 Å². The zero-order chi connectivity index (χ0) is 19.5. The molecule has 27 heavy (non-hydrogen) atoms. The maximum absolute atomic E-state index is 13.2. The lowest BCUT2D eigenvalue weighted by atomic mass is 10.0. The lowest BCUT2D eigenvalue weighted by Gasteiger charge is -2.29. The highest BCUT2D eigenvalue weighted by atomic mass is 19.4. The Kier molecular flexibility index (Phi) is 5.92. The molecule has 0 aliphatic carbocycles. The summed E-state index contributed by atoms with van der Waals surface area (Å²) in [7, 11) is 1.54. The van der Waals surface area contributed by atoms with Crippen molar-refractivity contribution in [2.24, 2.45) is 0 Å². The summed E-state index contributed by atoms with van der Waals surface area (Å²) in [5, 5.41) is 0. The van der Waals surface area contributed by atoms with E-state index in [1.54, 1.807) is 24.3 Å². The zero-order valence-electron chi connectivity index (χ0n) is 15.0. The minimum atomic E-state index is -4.55. The second-order valence-corrected chi connectivity index (χ2v) is 6.54. The summed E-state index contributed by atoms with van der Waals surface area (Å²) in [5.41, 5.74) is 1.55. The number of carbonyl (C=O) groups excluding carboxylic acids is 1. The van der Waals surface area contributed by atoms with E-state index in [1.807, 2.05) is 0 Å². The van der Waals surface area contributed by atoms with Gasteiger partial charge in [0.25, 0.3) is 5.79 Å². The van der Waals surface area contributed by atoms with Gasteiger partial charge in [-0.15, -0.1) is 0 Å². The molecule has 1 unspecified atom stereocenters. The van der Waals surface area contributed by atoms with E-state index in [0.717, 1.165) is 5.56 Å². The van der Waals surface area contributed by atoms with Crippen LogP contribution in [0, 0.1) is 0 Å². The minimum Gasteiger partial charge on any atom is -0.441 e. The maximum atomic E-state index is 13.2. The van der Waals surface area contributed by atoms with E-state index in [-0.39, 0.29) is 32.2 Å². The van der Waals surface area contributed by atoms with Gasteiger partial charge in [0.15, 0.2) is 0 Å². The first-order valence-corrected chi connectivity index (χ1v) is 8.75. The molecule has 3 rings (SSSR count). The van der Waals surface area contributed by atoms with Gasteiger partial charge in [-0.1, -0.05) is 12.1 Å². The molecule has 0 saturated carbocycles. The number of halogens is 3. The molecule has 0 spiro atoms. The number of hydrogen-bond donors (Lipinski definition) is 0. The number of anilines is 1. The number of benzene rings is 1. The van der Waals surface area contributed by atoms with Crippen molar-refractivity contribution in [2.75, 3.05) is 38.4 Å². The van der Waals surface area contributed by atoms with Crippen molar-refractivity contribution >= 4 is 11.8 Å². The van der Waals surface area contributed by atoms with Crippen molar-refractivity contribution in [1.82, 2.24) is 0 Å². The van der Waals surface area contributed by atoms with Crippen LogP contribution in [0.1, 0.15) is 18.4 Å². The molecule has 0 N–H and O–H groups in total. The number of cyclic esters (lactones) is 1. The van der Waals surface area contributed by atoms with Gasteiger partial charge in [0, 0.05) is 19.2 Å². The van der Waals surface area contributed by atoms with E-state index in [0.29, 0.717) is 25.3 Å². The third-order valence-corrected chi connectivity index (χ3v) is 4.63. The second kappa shape index (κ2) is 8.04. The molecular formula is C18H22F3NO5. The van der Waals surface area contributed by atoms with Crippen molar-refractivity contribution in [3.05, 3.63) is 29.8 Å². The summed E-state index contributed by atoms with van der Waals surface area (Å²) >= 11 is 0. The Balaban J connectivity index is 1.55. The molecule has 9 heteroatoms. The molecule has 0 aromatic heterocycles. The highest BCUT2D eigenvalue weighted by molar-refractivity contribution is 5.89. The predicted octanol–water partition coefficient (Wildman–Crippen LogP) is 3.29. The third kappa shape index (κ3) is 4.36. The summed E-state index contributed by atoms with van der Waals surface area (Å²) in [4.78, 5) is 13.4. The van der Waals surface area contributed by atoms with E-state index < -0.39 is 18.1 Å². The molecule has 1 atom stereocenters. The average molecular weight is 389 g/mol. The number of ether oxygens (including phenoxy) is 4. The first-order valence-electron chi connectivity index (χ1n) is 8.75. The molecular weight excluding hydrogens is 367 g/mol. The lowest BCUT2D eigenvalue weighted by Crippen LogP contribution is -2.46. The first kappa shape index (κ1) is 19.9. The fourth-order valence-corrected chi connectivity index (χ4v) is 3.28. The van der Waals surface area contributed by atoms with Gasteiger partial charge >= 0.3 is 12.3 Å². The number of rotatable bonds is 7. The maximum Gasteiger partial charge on any atom is 0.443 e. The van der Waals surface area contributed by atoms with Crippen molar-refractivity contribution in [3.63, 3.8) is 0 Å². The number of hydrogen-bond acceptors (Lipinski definition) is 5. The van der Waals surface area contributed by atoms with E-state index in [1.165, 1.54) is 12.0 Å². The van der Waals surface area contributed by atoms with Gasteiger partial charge in [-0.3, -0.25) is 4.90 Å². The van der Waals surface area contributed by atoms with Crippen molar-refractivity contribution in [1.29, 1.82) is 0 Å². The Morgan fingerprint density at radius 2 is 1.89 bits per heavy atom. The Bertz CT molecular complexity index is 643. The Hall–Kier alpha value is -1.84. The van der Waals surface area contributed by atoms with Crippen LogP contribution in [0.15, 0.2) is 24.3 Å². The lowest BCUT2D eigenvalue weighted by molar-refractivity contribution is -0.346. The molecule has 2 fully saturated rings.